The monoisotopic (exact) mass is 215 g/mol. The van der Waals surface area contributed by atoms with Crippen LogP contribution in [0.2, 0.25) is 0 Å². The molecule has 1 aliphatic heterocycles. The van der Waals surface area contributed by atoms with Gasteiger partial charge in [-0.1, -0.05) is 27.7 Å². The fourth-order valence-corrected chi connectivity index (χ4v) is 1.53. The van der Waals surface area contributed by atoms with Crippen molar-refractivity contribution in [3.8, 4) is 0 Å². The quantitative estimate of drug-likeness (QED) is 0.619. The van der Waals surface area contributed by atoms with E-state index in [1.54, 1.807) is 0 Å². The van der Waals surface area contributed by atoms with Gasteiger partial charge in [0.1, 0.15) is 0 Å². The molecular weight excluding hydrogens is 186 g/mol. The molecule has 0 aromatic rings. The van der Waals surface area contributed by atoms with Crippen molar-refractivity contribution in [1.29, 1.82) is 0 Å². The summed E-state index contributed by atoms with van der Waals surface area (Å²) in [5, 5.41) is 0. The second-order valence-electron chi connectivity index (χ2n) is 3.07. The number of nitrogens with zero attached hydrogens (tertiary/aromatic N) is 3. The molecule has 0 saturated carbocycles. The molecule has 0 spiro atoms. The van der Waals surface area contributed by atoms with Gasteiger partial charge in [0, 0.05) is 34.2 Å². The van der Waals surface area contributed by atoms with Gasteiger partial charge < -0.3 is 9.80 Å². The standard InChI is InChI=1S/C8H17N3.2C2H6/c1-9-8-10(2)6-4-5-7-11(8)3;2*1-2/h4-7H2,1-3H3;2*1-2H3. The molecule has 1 rings (SSSR count). The van der Waals surface area contributed by atoms with Crippen LogP contribution in [0.4, 0.5) is 0 Å². The molecule has 15 heavy (non-hydrogen) atoms. The summed E-state index contributed by atoms with van der Waals surface area (Å²) in [6.45, 7) is 10.3. The van der Waals surface area contributed by atoms with Crippen LogP contribution in [0.25, 0.3) is 0 Å². The fourth-order valence-electron chi connectivity index (χ4n) is 1.53. The van der Waals surface area contributed by atoms with E-state index in [0.29, 0.717) is 0 Å². The van der Waals surface area contributed by atoms with E-state index in [0.717, 1.165) is 19.0 Å². The molecule has 3 heteroatoms. The summed E-state index contributed by atoms with van der Waals surface area (Å²) in [6.07, 6.45) is 2.56. The second-order valence-corrected chi connectivity index (χ2v) is 3.07. The molecule has 0 unspecified atom stereocenters. The Kier molecular flexibility index (Phi) is 12.6. The largest absolute Gasteiger partial charge is 0.346 e. The van der Waals surface area contributed by atoms with E-state index in [-0.39, 0.29) is 0 Å². The lowest BCUT2D eigenvalue weighted by Crippen LogP contribution is -2.38. The maximum absolute atomic E-state index is 4.24. The summed E-state index contributed by atoms with van der Waals surface area (Å²) in [6, 6.07) is 0. The minimum absolute atomic E-state index is 1.11. The van der Waals surface area contributed by atoms with Crippen molar-refractivity contribution in [2.45, 2.75) is 40.5 Å². The van der Waals surface area contributed by atoms with Crippen molar-refractivity contribution in [3.63, 3.8) is 0 Å². The van der Waals surface area contributed by atoms with Crippen LogP contribution in [0.5, 0.6) is 0 Å². The molecule has 0 bridgehead atoms. The van der Waals surface area contributed by atoms with Gasteiger partial charge in [0.15, 0.2) is 5.96 Å². The third-order valence-corrected chi connectivity index (χ3v) is 2.12. The Morgan fingerprint density at radius 2 is 1.20 bits per heavy atom. The van der Waals surface area contributed by atoms with Gasteiger partial charge in [0.05, 0.1) is 0 Å². The summed E-state index contributed by atoms with van der Waals surface area (Å²) in [5.41, 5.74) is 0. The second kappa shape index (κ2) is 11.3. The SMILES string of the molecule is CC.CC.CN=C1N(C)CCCCN1C. The van der Waals surface area contributed by atoms with Crippen molar-refractivity contribution >= 4 is 5.96 Å². The zero-order valence-corrected chi connectivity index (χ0v) is 11.7. The summed E-state index contributed by atoms with van der Waals surface area (Å²) < 4.78 is 0. The van der Waals surface area contributed by atoms with Crippen LogP contribution in [0.3, 0.4) is 0 Å². The molecule has 0 aromatic carbocycles. The van der Waals surface area contributed by atoms with Gasteiger partial charge in [-0.2, -0.15) is 0 Å². The number of guanidine groups is 1. The summed E-state index contributed by atoms with van der Waals surface area (Å²) in [5.74, 6) is 1.11. The van der Waals surface area contributed by atoms with Gasteiger partial charge in [-0.25, -0.2) is 0 Å². The molecule has 0 N–H and O–H groups in total. The molecule has 1 heterocycles. The maximum atomic E-state index is 4.24. The lowest BCUT2D eigenvalue weighted by molar-refractivity contribution is 0.436. The molecule has 0 atom stereocenters. The third kappa shape index (κ3) is 6.37. The van der Waals surface area contributed by atoms with Crippen molar-refractivity contribution in [1.82, 2.24) is 9.80 Å². The first-order valence-electron chi connectivity index (χ1n) is 6.14. The maximum Gasteiger partial charge on any atom is 0.195 e. The summed E-state index contributed by atoms with van der Waals surface area (Å²) in [7, 11) is 6.06. The summed E-state index contributed by atoms with van der Waals surface area (Å²) in [4.78, 5) is 8.67. The number of rotatable bonds is 0. The lowest BCUT2D eigenvalue weighted by atomic mass is 10.3. The highest BCUT2D eigenvalue weighted by molar-refractivity contribution is 5.79. The van der Waals surface area contributed by atoms with Gasteiger partial charge in [-0.05, 0) is 12.8 Å². The van der Waals surface area contributed by atoms with Gasteiger partial charge in [0.25, 0.3) is 0 Å². The zero-order valence-electron chi connectivity index (χ0n) is 11.7. The van der Waals surface area contributed by atoms with E-state index in [4.69, 9.17) is 0 Å². The van der Waals surface area contributed by atoms with Crippen LogP contribution in [-0.4, -0.2) is 50.0 Å². The van der Waals surface area contributed by atoms with E-state index in [1.165, 1.54) is 12.8 Å². The molecular formula is C12H29N3. The first kappa shape index (κ1) is 16.7. The molecule has 0 aliphatic carbocycles. The van der Waals surface area contributed by atoms with E-state index in [1.807, 2.05) is 34.7 Å². The molecule has 1 saturated heterocycles. The average Bonchev–Trinajstić information content (AvgIpc) is 2.45. The smallest absolute Gasteiger partial charge is 0.195 e. The summed E-state index contributed by atoms with van der Waals surface area (Å²) >= 11 is 0. The van der Waals surface area contributed by atoms with E-state index >= 15 is 0 Å². The van der Waals surface area contributed by atoms with Crippen molar-refractivity contribution in [2.24, 2.45) is 4.99 Å². The van der Waals surface area contributed by atoms with Crippen LogP contribution in [-0.2, 0) is 0 Å². The normalized spacial score (nSPS) is 15.5. The minimum Gasteiger partial charge on any atom is -0.346 e. The van der Waals surface area contributed by atoms with Gasteiger partial charge in [-0.3, -0.25) is 4.99 Å². The van der Waals surface area contributed by atoms with E-state index < -0.39 is 0 Å². The predicted octanol–water partition coefficient (Wildman–Crippen LogP) is 2.68. The lowest BCUT2D eigenvalue weighted by Gasteiger charge is -2.24. The van der Waals surface area contributed by atoms with Gasteiger partial charge in [0.2, 0.25) is 0 Å². The molecule has 1 aliphatic rings. The highest BCUT2D eigenvalue weighted by Crippen LogP contribution is 2.04. The number of hydrogen-bond acceptors (Lipinski definition) is 1. The van der Waals surface area contributed by atoms with Crippen LogP contribution in [0.15, 0.2) is 4.99 Å². The van der Waals surface area contributed by atoms with E-state index in [9.17, 15) is 0 Å². The Labute approximate surface area is 96.2 Å². The average molecular weight is 215 g/mol. The molecule has 0 aromatic heterocycles. The van der Waals surface area contributed by atoms with Crippen LogP contribution >= 0.6 is 0 Å². The van der Waals surface area contributed by atoms with Crippen LogP contribution < -0.4 is 0 Å². The van der Waals surface area contributed by atoms with Crippen molar-refractivity contribution in [3.05, 3.63) is 0 Å². The van der Waals surface area contributed by atoms with Crippen LogP contribution in [0.1, 0.15) is 40.5 Å². The fraction of sp³-hybridized carbons (Fsp3) is 0.917. The van der Waals surface area contributed by atoms with Crippen molar-refractivity contribution in [2.75, 3.05) is 34.2 Å². The topological polar surface area (TPSA) is 18.8 Å². The Balaban J connectivity index is 0. The Morgan fingerprint density at radius 1 is 0.867 bits per heavy atom. The zero-order chi connectivity index (χ0) is 12.3. The molecule has 92 valence electrons. The van der Waals surface area contributed by atoms with E-state index in [2.05, 4.69) is 28.9 Å². The molecule has 0 amide bonds. The first-order valence-corrected chi connectivity index (χ1v) is 6.14. The van der Waals surface area contributed by atoms with Gasteiger partial charge >= 0.3 is 0 Å². The predicted molar refractivity (Wildman–Crippen MR) is 70.5 cm³/mol. The number of hydrogen-bond donors (Lipinski definition) is 0. The van der Waals surface area contributed by atoms with Crippen molar-refractivity contribution < 1.29 is 0 Å². The molecule has 0 radical (unpaired) electrons. The molecule has 1 fully saturated rings. The molecule has 3 nitrogen and oxygen atoms in total. The third-order valence-electron chi connectivity index (χ3n) is 2.12. The Morgan fingerprint density at radius 3 is 1.47 bits per heavy atom. The van der Waals surface area contributed by atoms with Crippen LogP contribution in [0, 0.1) is 0 Å². The minimum atomic E-state index is 1.11. The Bertz CT molecular complexity index is 141. The first-order chi connectivity index (χ1) is 7.25. The Hall–Kier alpha value is -0.730. The highest BCUT2D eigenvalue weighted by Gasteiger charge is 2.13. The highest BCUT2D eigenvalue weighted by atomic mass is 15.4. The van der Waals surface area contributed by atoms with Gasteiger partial charge in [-0.15, -0.1) is 0 Å². The number of aliphatic imine (C=N–C) groups is 1.